The Morgan fingerprint density at radius 3 is 2.63 bits per heavy atom. The molecule has 19 heavy (non-hydrogen) atoms. The zero-order valence-corrected chi connectivity index (χ0v) is 10.9. The lowest BCUT2D eigenvalue weighted by Gasteiger charge is -2.06. The van der Waals surface area contributed by atoms with Gasteiger partial charge >= 0.3 is 0 Å². The molecule has 0 atom stereocenters. The predicted octanol–water partition coefficient (Wildman–Crippen LogP) is 3.14. The van der Waals surface area contributed by atoms with Crippen molar-refractivity contribution in [3.63, 3.8) is 0 Å². The van der Waals surface area contributed by atoms with Crippen molar-refractivity contribution in [3.05, 3.63) is 54.3 Å². The van der Waals surface area contributed by atoms with Crippen LogP contribution >= 0.6 is 11.8 Å². The van der Waals surface area contributed by atoms with Gasteiger partial charge in [0.05, 0.1) is 11.4 Å². The third-order valence-corrected chi connectivity index (χ3v) is 3.39. The Hall–Kier alpha value is -2.01. The number of carbonyl (C=O) groups is 1. The van der Waals surface area contributed by atoms with Crippen molar-refractivity contribution >= 4 is 29.0 Å². The highest BCUT2D eigenvalue weighted by molar-refractivity contribution is 8.00. The summed E-state index contributed by atoms with van der Waals surface area (Å²) in [5.74, 6) is -0.552. The van der Waals surface area contributed by atoms with Crippen LogP contribution in [0.2, 0.25) is 0 Å². The summed E-state index contributed by atoms with van der Waals surface area (Å²) in [6.45, 7) is 0. The average Bonchev–Trinajstić information content (AvgIpc) is 2.41. The molecule has 0 saturated heterocycles. The zero-order valence-electron chi connectivity index (χ0n) is 10.1. The molecule has 0 saturated carbocycles. The molecule has 0 aliphatic rings. The van der Waals surface area contributed by atoms with Crippen molar-refractivity contribution in [2.75, 3.05) is 16.8 Å². The molecule has 0 bridgehead atoms. The molecule has 0 aromatic heterocycles. The number of anilines is 2. The number of carbonyl (C=O) groups excluding carboxylic acids is 1. The summed E-state index contributed by atoms with van der Waals surface area (Å²) in [5.41, 5.74) is 5.91. The van der Waals surface area contributed by atoms with Gasteiger partial charge in [0, 0.05) is 10.6 Å². The van der Waals surface area contributed by atoms with Crippen LogP contribution in [0.15, 0.2) is 53.4 Å². The van der Waals surface area contributed by atoms with Gasteiger partial charge in [0.15, 0.2) is 0 Å². The topological polar surface area (TPSA) is 55.1 Å². The molecule has 3 N–H and O–H groups in total. The number of rotatable bonds is 4. The van der Waals surface area contributed by atoms with Gasteiger partial charge < -0.3 is 11.1 Å². The predicted molar refractivity (Wildman–Crippen MR) is 76.6 cm³/mol. The highest BCUT2D eigenvalue weighted by atomic mass is 32.2. The van der Waals surface area contributed by atoms with Crippen molar-refractivity contribution in [1.29, 1.82) is 0 Å². The number of amides is 1. The first-order valence-corrected chi connectivity index (χ1v) is 6.66. The minimum atomic E-state index is -0.530. The second-order valence-electron chi connectivity index (χ2n) is 3.89. The third-order valence-electron chi connectivity index (χ3n) is 2.38. The number of nitrogen functional groups attached to an aromatic ring is 1. The fourth-order valence-corrected chi connectivity index (χ4v) is 2.20. The highest BCUT2D eigenvalue weighted by Gasteiger charge is 2.07. The van der Waals surface area contributed by atoms with Gasteiger partial charge in [0.1, 0.15) is 5.82 Å². The lowest BCUT2D eigenvalue weighted by Crippen LogP contribution is -2.15. The maximum Gasteiger partial charge on any atom is 0.234 e. The summed E-state index contributed by atoms with van der Waals surface area (Å²) in [4.78, 5) is 12.7. The number of nitrogens with one attached hydrogen (secondary N) is 1. The van der Waals surface area contributed by atoms with Crippen molar-refractivity contribution < 1.29 is 9.18 Å². The van der Waals surface area contributed by atoms with Crippen molar-refractivity contribution in [2.45, 2.75) is 4.90 Å². The summed E-state index contributed by atoms with van der Waals surface area (Å²) in [6, 6.07) is 13.7. The van der Waals surface area contributed by atoms with Crippen LogP contribution in [0.1, 0.15) is 0 Å². The number of hydrogen-bond acceptors (Lipinski definition) is 3. The minimum absolute atomic E-state index is 0.146. The van der Waals surface area contributed by atoms with E-state index in [1.165, 1.54) is 23.9 Å². The van der Waals surface area contributed by atoms with Crippen LogP contribution in [0, 0.1) is 5.82 Å². The Morgan fingerprint density at radius 1 is 1.21 bits per heavy atom. The highest BCUT2D eigenvalue weighted by Crippen LogP contribution is 2.19. The molecule has 0 unspecified atom stereocenters. The summed E-state index contributed by atoms with van der Waals surface area (Å²) in [5, 5.41) is 2.52. The van der Waals surface area contributed by atoms with Crippen molar-refractivity contribution in [2.24, 2.45) is 0 Å². The lowest BCUT2D eigenvalue weighted by molar-refractivity contribution is -0.113. The van der Waals surface area contributed by atoms with Gasteiger partial charge in [-0.2, -0.15) is 0 Å². The first kappa shape index (κ1) is 13.4. The SMILES string of the molecule is Nc1ccc(NC(=O)CSc2ccccc2)c(F)c1. The number of thioether (sulfide) groups is 1. The van der Waals surface area contributed by atoms with E-state index in [1.54, 1.807) is 6.07 Å². The smallest absolute Gasteiger partial charge is 0.234 e. The van der Waals surface area contributed by atoms with Crippen LogP contribution < -0.4 is 11.1 Å². The van der Waals surface area contributed by atoms with E-state index in [9.17, 15) is 9.18 Å². The van der Waals surface area contributed by atoms with E-state index < -0.39 is 5.82 Å². The van der Waals surface area contributed by atoms with Crippen LogP contribution in [0.3, 0.4) is 0 Å². The summed E-state index contributed by atoms with van der Waals surface area (Å²) >= 11 is 1.40. The van der Waals surface area contributed by atoms with E-state index in [0.29, 0.717) is 5.69 Å². The van der Waals surface area contributed by atoms with Crippen LogP contribution in [0.5, 0.6) is 0 Å². The lowest BCUT2D eigenvalue weighted by atomic mass is 10.2. The number of benzene rings is 2. The fourth-order valence-electron chi connectivity index (χ4n) is 1.48. The molecule has 0 spiro atoms. The quantitative estimate of drug-likeness (QED) is 0.666. The van der Waals surface area contributed by atoms with Gasteiger partial charge in [-0.1, -0.05) is 18.2 Å². The normalized spacial score (nSPS) is 10.2. The number of nitrogens with two attached hydrogens (primary N) is 1. The second kappa shape index (κ2) is 6.24. The summed E-state index contributed by atoms with van der Waals surface area (Å²) in [7, 11) is 0. The second-order valence-corrected chi connectivity index (χ2v) is 4.94. The van der Waals surface area contributed by atoms with E-state index in [1.807, 2.05) is 30.3 Å². The first-order valence-electron chi connectivity index (χ1n) is 5.68. The summed E-state index contributed by atoms with van der Waals surface area (Å²) < 4.78 is 13.5. The van der Waals surface area contributed by atoms with E-state index in [-0.39, 0.29) is 17.3 Å². The van der Waals surface area contributed by atoms with E-state index >= 15 is 0 Å². The molecule has 1 amide bonds. The summed E-state index contributed by atoms with van der Waals surface area (Å²) in [6.07, 6.45) is 0. The van der Waals surface area contributed by atoms with Gasteiger partial charge in [-0.15, -0.1) is 11.8 Å². The van der Waals surface area contributed by atoms with E-state index in [4.69, 9.17) is 5.73 Å². The maximum atomic E-state index is 13.5. The molecule has 0 heterocycles. The molecule has 0 aliphatic heterocycles. The zero-order chi connectivity index (χ0) is 13.7. The maximum absolute atomic E-state index is 13.5. The number of halogens is 1. The van der Waals surface area contributed by atoms with E-state index in [0.717, 1.165) is 4.90 Å². The van der Waals surface area contributed by atoms with Gasteiger partial charge in [-0.3, -0.25) is 4.79 Å². The molecule has 2 aromatic rings. The molecule has 2 rings (SSSR count). The molecule has 5 heteroatoms. The fraction of sp³-hybridized carbons (Fsp3) is 0.0714. The molecule has 0 aliphatic carbocycles. The monoisotopic (exact) mass is 276 g/mol. The Balaban J connectivity index is 1.91. The van der Waals surface area contributed by atoms with Crippen LogP contribution in [0.25, 0.3) is 0 Å². The molecule has 98 valence electrons. The largest absolute Gasteiger partial charge is 0.399 e. The van der Waals surface area contributed by atoms with Gasteiger partial charge in [0.2, 0.25) is 5.91 Å². The molecule has 0 fully saturated rings. The molecular formula is C14H13FN2OS. The van der Waals surface area contributed by atoms with Gasteiger partial charge in [-0.05, 0) is 30.3 Å². The van der Waals surface area contributed by atoms with E-state index in [2.05, 4.69) is 5.32 Å². The third kappa shape index (κ3) is 3.99. The minimum Gasteiger partial charge on any atom is -0.399 e. The van der Waals surface area contributed by atoms with Crippen molar-refractivity contribution in [3.8, 4) is 0 Å². The Bertz CT molecular complexity index is 575. The Kier molecular flexibility index (Phi) is 4.41. The van der Waals surface area contributed by atoms with Crippen molar-refractivity contribution in [1.82, 2.24) is 0 Å². The molecule has 3 nitrogen and oxygen atoms in total. The molecule has 2 aromatic carbocycles. The molecule has 0 radical (unpaired) electrons. The van der Waals surface area contributed by atoms with Gasteiger partial charge in [-0.25, -0.2) is 4.39 Å². The van der Waals surface area contributed by atoms with Crippen LogP contribution in [-0.2, 0) is 4.79 Å². The Morgan fingerprint density at radius 2 is 1.95 bits per heavy atom. The van der Waals surface area contributed by atoms with Gasteiger partial charge in [0.25, 0.3) is 0 Å². The van der Waals surface area contributed by atoms with Crippen LogP contribution in [0.4, 0.5) is 15.8 Å². The van der Waals surface area contributed by atoms with Crippen LogP contribution in [-0.4, -0.2) is 11.7 Å². The first-order chi connectivity index (χ1) is 9.15. The average molecular weight is 276 g/mol. The number of hydrogen-bond donors (Lipinski definition) is 2. The Labute approximate surface area is 115 Å². The standard InChI is InChI=1S/C14H13FN2OS/c15-12-8-10(16)6-7-13(12)17-14(18)9-19-11-4-2-1-3-5-11/h1-8H,9,16H2,(H,17,18). The molecular weight excluding hydrogens is 263 g/mol.